The summed E-state index contributed by atoms with van der Waals surface area (Å²) in [6, 6.07) is 0.175. The first-order valence-corrected chi connectivity index (χ1v) is 7.76. The van der Waals surface area contributed by atoms with E-state index in [-0.39, 0.29) is 17.6 Å². The van der Waals surface area contributed by atoms with Gasteiger partial charge in [0.05, 0.1) is 0 Å². The van der Waals surface area contributed by atoms with E-state index in [0.717, 1.165) is 17.8 Å². The van der Waals surface area contributed by atoms with Gasteiger partial charge in [-0.05, 0) is 63.2 Å². The van der Waals surface area contributed by atoms with E-state index < -0.39 is 0 Å². The Morgan fingerprint density at radius 1 is 1.26 bits per heavy atom. The smallest absolute Gasteiger partial charge is 0.317 e. The van der Waals surface area contributed by atoms with Crippen molar-refractivity contribution >= 4 is 6.03 Å². The predicted octanol–water partition coefficient (Wildman–Crippen LogP) is 1.94. The van der Waals surface area contributed by atoms with Crippen LogP contribution in [-0.4, -0.2) is 36.1 Å². The van der Waals surface area contributed by atoms with Crippen LogP contribution in [0.2, 0.25) is 0 Å². The Hall–Kier alpha value is -0.770. The van der Waals surface area contributed by atoms with Gasteiger partial charge in [0.25, 0.3) is 0 Å². The first-order valence-electron chi connectivity index (χ1n) is 7.76. The van der Waals surface area contributed by atoms with Gasteiger partial charge in [0.2, 0.25) is 0 Å². The molecule has 0 aromatic rings. The van der Waals surface area contributed by atoms with Gasteiger partial charge in [0.1, 0.15) is 0 Å². The zero-order valence-corrected chi connectivity index (χ0v) is 12.2. The first kappa shape index (κ1) is 13.2. The zero-order valence-electron chi connectivity index (χ0n) is 12.2. The van der Waals surface area contributed by atoms with Crippen LogP contribution in [0.1, 0.15) is 45.4 Å². The topological polar surface area (TPSA) is 58.4 Å². The quantitative estimate of drug-likeness (QED) is 0.819. The Bertz CT molecular complexity index is 333. The number of nitrogens with one attached hydrogen (secondary N) is 1. The Balaban J connectivity index is 1.67. The van der Waals surface area contributed by atoms with Gasteiger partial charge in [-0.15, -0.1) is 0 Å². The molecule has 0 spiro atoms. The highest BCUT2D eigenvalue weighted by Crippen LogP contribution is 2.55. The summed E-state index contributed by atoms with van der Waals surface area (Å²) >= 11 is 0. The number of carbonyl (C=O) groups is 1. The van der Waals surface area contributed by atoms with Gasteiger partial charge in [-0.25, -0.2) is 4.79 Å². The van der Waals surface area contributed by atoms with Crippen molar-refractivity contribution in [1.29, 1.82) is 0 Å². The summed E-state index contributed by atoms with van der Waals surface area (Å²) < 4.78 is 0. The summed E-state index contributed by atoms with van der Waals surface area (Å²) in [4.78, 5) is 14.1. The third-order valence-corrected chi connectivity index (χ3v) is 5.73. The number of nitrogens with zero attached hydrogens (tertiary/aromatic N) is 1. The number of nitrogens with two attached hydrogens (primary N) is 1. The highest BCUT2D eigenvalue weighted by Gasteiger charge is 2.51. The van der Waals surface area contributed by atoms with Crippen molar-refractivity contribution in [2.24, 2.45) is 23.5 Å². The van der Waals surface area contributed by atoms with E-state index in [1.165, 1.54) is 38.5 Å². The van der Waals surface area contributed by atoms with Crippen LogP contribution in [0.15, 0.2) is 0 Å². The van der Waals surface area contributed by atoms with E-state index in [1.54, 1.807) is 4.90 Å². The van der Waals surface area contributed by atoms with Gasteiger partial charge in [0.15, 0.2) is 0 Å². The minimum absolute atomic E-state index is 0.0694. The predicted molar refractivity (Wildman–Crippen MR) is 75.7 cm³/mol. The van der Waals surface area contributed by atoms with Gasteiger partial charge in [-0.1, -0.05) is 0 Å². The number of urea groups is 1. The molecule has 1 unspecified atom stereocenters. The summed E-state index contributed by atoms with van der Waals surface area (Å²) in [5.41, 5.74) is 5.76. The molecule has 0 aromatic carbocycles. The molecule has 0 aliphatic heterocycles. The molecule has 108 valence electrons. The van der Waals surface area contributed by atoms with Crippen LogP contribution in [0.3, 0.4) is 0 Å². The molecule has 0 heterocycles. The van der Waals surface area contributed by atoms with E-state index in [0.29, 0.717) is 6.54 Å². The van der Waals surface area contributed by atoms with Gasteiger partial charge >= 0.3 is 6.03 Å². The molecule has 0 aromatic heterocycles. The fourth-order valence-corrected chi connectivity index (χ4v) is 4.94. The van der Waals surface area contributed by atoms with Crippen LogP contribution in [-0.2, 0) is 0 Å². The molecular formula is C15H27N3O. The monoisotopic (exact) mass is 265 g/mol. The molecule has 4 aliphatic rings. The fraction of sp³-hybridized carbons (Fsp3) is 0.933. The summed E-state index contributed by atoms with van der Waals surface area (Å²) in [5.74, 6) is 2.59. The van der Waals surface area contributed by atoms with Crippen LogP contribution < -0.4 is 11.1 Å². The molecule has 4 heteroatoms. The lowest BCUT2D eigenvalue weighted by molar-refractivity contribution is -0.0157. The van der Waals surface area contributed by atoms with Crippen molar-refractivity contribution in [2.45, 2.75) is 57.0 Å². The molecule has 4 rings (SSSR count). The minimum Gasteiger partial charge on any atom is -0.333 e. The molecule has 4 bridgehead atoms. The van der Waals surface area contributed by atoms with Crippen LogP contribution in [0, 0.1) is 17.8 Å². The molecule has 3 N–H and O–H groups in total. The van der Waals surface area contributed by atoms with Crippen molar-refractivity contribution in [3.05, 3.63) is 0 Å². The maximum absolute atomic E-state index is 12.4. The van der Waals surface area contributed by atoms with Gasteiger partial charge in [0, 0.05) is 25.2 Å². The Morgan fingerprint density at radius 2 is 1.74 bits per heavy atom. The van der Waals surface area contributed by atoms with E-state index in [1.807, 2.05) is 14.0 Å². The first-order chi connectivity index (χ1) is 9.01. The van der Waals surface area contributed by atoms with Crippen LogP contribution >= 0.6 is 0 Å². The largest absolute Gasteiger partial charge is 0.333 e. The van der Waals surface area contributed by atoms with Gasteiger partial charge in [-0.2, -0.15) is 0 Å². The lowest BCUT2D eigenvalue weighted by Gasteiger charge is -2.57. The molecule has 0 saturated heterocycles. The second-order valence-corrected chi connectivity index (χ2v) is 7.32. The Labute approximate surface area is 116 Å². The number of hydrogen-bond acceptors (Lipinski definition) is 2. The standard InChI is InChI=1S/C15H27N3O/c1-10(9-16)18(2)14(19)17-15-6-11-3-12(7-15)5-13(4-11)8-15/h10-13H,3-9,16H2,1-2H3,(H,17,19). The van der Waals surface area contributed by atoms with Gasteiger partial charge in [-0.3, -0.25) is 0 Å². The second kappa shape index (κ2) is 4.65. The lowest BCUT2D eigenvalue weighted by Crippen LogP contribution is -2.62. The Kier molecular flexibility index (Phi) is 3.24. The average molecular weight is 265 g/mol. The molecule has 4 nitrogen and oxygen atoms in total. The summed E-state index contributed by atoms with van der Waals surface area (Å²) in [6.07, 6.45) is 7.83. The van der Waals surface area contributed by atoms with Crippen molar-refractivity contribution in [3.63, 3.8) is 0 Å². The minimum atomic E-state index is 0.0694. The summed E-state index contributed by atoms with van der Waals surface area (Å²) in [6.45, 7) is 2.52. The number of rotatable bonds is 3. The maximum Gasteiger partial charge on any atom is 0.317 e. The summed E-state index contributed by atoms with van der Waals surface area (Å²) in [5, 5.41) is 3.37. The zero-order chi connectivity index (χ0) is 13.6. The van der Waals surface area contributed by atoms with Crippen LogP contribution in [0.4, 0.5) is 4.79 Å². The Morgan fingerprint density at radius 3 is 2.16 bits per heavy atom. The number of hydrogen-bond donors (Lipinski definition) is 2. The van der Waals surface area contributed by atoms with Crippen molar-refractivity contribution in [2.75, 3.05) is 13.6 Å². The highest BCUT2D eigenvalue weighted by molar-refractivity contribution is 5.75. The SMILES string of the molecule is CC(CN)N(C)C(=O)NC12CC3CC(CC(C3)C1)C2. The summed E-state index contributed by atoms with van der Waals surface area (Å²) in [7, 11) is 1.85. The number of amides is 2. The molecule has 4 aliphatic carbocycles. The van der Waals surface area contributed by atoms with Crippen LogP contribution in [0.25, 0.3) is 0 Å². The third kappa shape index (κ3) is 2.35. The molecule has 0 radical (unpaired) electrons. The van der Waals surface area contributed by atoms with E-state index in [4.69, 9.17) is 5.73 Å². The molecule has 19 heavy (non-hydrogen) atoms. The highest BCUT2D eigenvalue weighted by atomic mass is 16.2. The number of likely N-dealkylation sites (N-methyl/N-ethyl adjacent to an activating group) is 1. The average Bonchev–Trinajstić information content (AvgIpc) is 2.34. The normalized spacial score (nSPS) is 41.1. The van der Waals surface area contributed by atoms with E-state index >= 15 is 0 Å². The molecule has 4 saturated carbocycles. The van der Waals surface area contributed by atoms with Crippen LogP contribution in [0.5, 0.6) is 0 Å². The van der Waals surface area contributed by atoms with E-state index in [9.17, 15) is 4.79 Å². The molecule has 4 fully saturated rings. The van der Waals surface area contributed by atoms with Gasteiger partial charge < -0.3 is 16.0 Å². The molecular weight excluding hydrogens is 238 g/mol. The van der Waals surface area contributed by atoms with E-state index in [2.05, 4.69) is 5.32 Å². The van der Waals surface area contributed by atoms with Crippen molar-refractivity contribution in [1.82, 2.24) is 10.2 Å². The molecule has 2 amide bonds. The van der Waals surface area contributed by atoms with Crippen molar-refractivity contribution in [3.8, 4) is 0 Å². The lowest BCUT2D eigenvalue weighted by atomic mass is 9.53. The van der Waals surface area contributed by atoms with Crippen molar-refractivity contribution < 1.29 is 4.79 Å². The third-order valence-electron chi connectivity index (χ3n) is 5.73. The molecule has 1 atom stereocenters. The number of carbonyl (C=O) groups excluding carboxylic acids is 1. The maximum atomic E-state index is 12.4. The fourth-order valence-electron chi connectivity index (χ4n) is 4.94. The second-order valence-electron chi connectivity index (χ2n) is 7.32.